The van der Waals surface area contributed by atoms with Gasteiger partial charge < -0.3 is 9.47 Å². The Kier molecular flexibility index (Phi) is 3.07. The number of hydrogen-bond donors (Lipinski definition) is 0. The summed E-state index contributed by atoms with van der Waals surface area (Å²) >= 11 is 5.20. The SMILES string of the molecule is Brc1cc2c(cc1CSc1nnnn1C1CC1)OCO2. The van der Waals surface area contributed by atoms with E-state index in [2.05, 4.69) is 31.5 Å². The van der Waals surface area contributed by atoms with Gasteiger partial charge in [0.2, 0.25) is 11.9 Å². The Balaban J connectivity index is 1.53. The summed E-state index contributed by atoms with van der Waals surface area (Å²) in [5, 5.41) is 12.8. The zero-order valence-corrected chi connectivity index (χ0v) is 12.9. The van der Waals surface area contributed by atoms with Crippen LogP contribution in [0, 0.1) is 0 Å². The van der Waals surface area contributed by atoms with Gasteiger partial charge in [0.1, 0.15) is 0 Å². The Hall–Kier alpha value is -1.28. The highest BCUT2D eigenvalue weighted by Crippen LogP contribution is 2.40. The van der Waals surface area contributed by atoms with E-state index in [1.807, 2.05) is 16.8 Å². The van der Waals surface area contributed by atoms with Gasteiger partial charge in [-0.1, -0.05) is 27.7 Å². The highest BCUT2D eigenvalue weighted by Gasteiger charge is 2.28. The second kappa shape index (κ2) is 4.92. The Morgan fingerprint density at radius 2 is 2.10 bits per heavy atom. The summed E-state index contributed by atoms with van der Waals surface area (Å²) in [6, 6.07) is 4.44. The molecule has 0 bridgehead atoms. The first kappa shape index (κ1) is 12.5. The second-order valence-electron chi connectivity index (χ2n) is 4.72. The molecule has 0 amide bonds. The van der Waals surface area contributed by atoms with Crippen LogP contribution in [-0.4, -0.2) is 27.0 Å². The summed E-state index contributed by atoms with van der Waals surface area (Å²) in [5.74, 6) is 2.36. The van der Waals surface area contributed by atoms with Gasteiger partial charge in [-0.05, 0) is 41.0 Å². The van der Waals surface area contributed by atoms with Crippen LogP contribution in [0.4, 0.5) is 0 Å². The van der Waals surface area contributed by atoms with E-state index in [0.29, 0.717) is 6.04 Å². The molecule has 8 heteroatoms. The van der Waals surface area contributed by atoms with Crippen molar-refractivity contribution in [2.45, 2.75) is 29.8 Å². The third-order valence-corrected chi connectivity index (χ3v) is 4.97. The highest BCUT2D eigenvalue weighted by molar-refractivity contribution is 9.10. The maximum Gasteiger partial charge on any atom is 0.231 e. The minimum atomic E-state index is 0.290. The molecule has 4 rings (SSSR count). The summed E-state index contributed by atoms with van der Waals surface area (Å²) in [7, 11) is 0. The molecule has 1 aromatic carbocycles. The van der Waals surface area contributed by atoms with Crippen molar-refractivity contribution in [3.05, 3.63) is 22.2 Å². The topological polar surface area (TPSA) is 62.1 Å². The van der Waals surface area contributed by atoms with Crippen LogP contribution in [-0.2, 0) is 5.75 Å². The molecule has 6 nitrogen and oxygen atoms in total. The van der Waals surface area contributed by atoms with Gasteiger partial charge in [-0.3, -0.25) is 0 Å². The maximum absolute atomic E-state index is 5.41. The number of fused-ring (bicyclic) bond motifs is 1. The predicted octanol–water partition coefficient (Wildman–Crippen LogP) is 2.79. The third-order valence-electron chi connectivity index (χ3n) is 3.25. The van der Waals surface area contributed by atoms with E-state index in [9.17, 15) is 0 Å². The van der Waals surface area contributed by atoms with Crippen molar-refractivity contribution in [3.8, 4) is 11.5 Å². The lowest BCUT2D eigenvalue weighted by Gasteiger charge is -2.06. The average molecular weight is 355 g/mol. The highest BCUT2D eigenvalue weighted by atomic mass is 79.9. The molecule has 0 saturated heterocycles. The van der Waals surface area contributed by atoms with Gasteiger partial charge in [0.25, 0.3) is 0 Å². The van der Waals surface area contributed by atoms with Gasteiger partial charge in [0.05, 0.1) is 6.04 Å². The molecule has 1 saturated carbocycles. The number of benzene rings is 1. The molecular formula is C12H11BrN4O2S. The van der Waals surface area contributed by atoms with Crippen molar-refractivity contribution in [3.63, 3.8) is 0 Å². The minimum absolute atomic E-state index is 0.290. The van der Waals surface area contributed by atoms with Crippen LogP contribution in [0.25, 0.3) is 0 Å². The largest absolute Gasteiger partial charge is 0.454 e. The van der Waals surface area contributed by atoms with Crippen LogP contribution in [0.2, 0.25) is 0 Å². The van der Waals surface area contributed by atoms with Crippen molar-refractivity contribution in [2.24, 2.45) is 0 Å². The smallest absolute Gasteiger partial charge is 0.231 e. The standard InChI is InChI=1S/C12H11BrN4O2S/c13-9-4-11-10(18-6-19-11)3-7(9)5-20-12-14-15-16-17(12)8-1-2-8/h3-4,8H,1-2,5-6H2. The molecule has 2 heterocycles. The van der Waals surface area contributed by atoms with E-state index < -0.39 is 0 Å². The quantitative estimate of drug-likeness (QED) is 0.786. The summed E-state index contributed by atoms with van der Waals surface area (Å²) in [6.07, 6.45) is 2.35. The molecule has 0 N–H and O–H groups in total. The fourth-order valence-corrected chi connectivity index (χ4v) is 3.62. The van der Waals surface area contributed by atoms with Crippen molar-refractivity contribution in [1.82, 2.24) is 20.2 Å². The van der Waals surface area contributed by atoms with E-state index in [0.717, 1.165) is 32.4 Å². The summed E-state index contributed by atoms with van der Waals surface area (Å²) in [6.45, 7) is 0.290. The Morgan fingerprint density at radius 1 is 1.30 bits per heavy atom. The fraction of sp³-hybridized carbons (Fsp3) is 0.417. The summed E-state index contributed by atoms with van der Waals surface area (Å²) < 4.78 is 13.7. The molecule has 0 spiro atoms. The minimum Gasteiger partial charge on any atom is -0.454 e. The monoisotopic (exact) mass is 354 g/mol. The van der Waals surface area contributed by atoms with Crippen LogP contribution >= 0.6 is 27.7 Å². The second-order valence-corrected chi connectivity index (χ2v) is 6.52. The fourth-order valence-electron chi connectivity index (χ4n) is 2.04. The lowest BCUT2D eigenvalue weighted by atomic mass is 10.2. The lowest BCUT2D eigenvalue weighted by molar-refractivity contribution is 0.174. The molecular weight excluding hydrogens is 344 g/mol. The molecule has 0 radical (unpaired) electrons. The zero-order valence-electron chi connectivity index (χ0n) is 10.5. The molecule has 1 fully saturated rings. The molecule has 1 aromatic heterocycles. The van der Waals surface area contributed by atoms with Gasteiger partial charge in [-0.25, -0.2) is 4.68 Å². The van der Waals surface area contributed by atoms with Crippen LogP contribution in [0.5, 0.6) is 11.5 Å². The first-order chi connectivity index (χ1) is 9.81. The van der Waals surface area contributed by atoms with Crippen molar-refractivity contribution < 1.29 is 9.47 Å². The molecule has 0 atom stereocenters. The molecule has 1 aliphatic heterocycles. The van der Waals surface area contributed by atoms with Crippen molar-refractivity contribution in [1.29, 1.82) is 0 Å². The number of rotatable bonds is 4. The van der Waals surface area contributed by atoms with Crippen LogP contribution in [0.3, 0.4) is 0 Å². The number of aromatic nitrogens is 4. The van der Waals surface area contributed by atoms with E-state index in [-0.39, 0.29) is 6.79 Å². The Bertz CT molecular complexity index is 659. The van der Waals surface area contributed by atoms with Gasteiger partial charge in [0.15, 0.2) is 11.5 Å². The molecule has 20 heavy (non-hydrogen) atoms. The van der Waals surface area contributed by atoms with Crippen LogP contribution < -0.4 is 9.47 Å². The Morgan fingerprint density at radius 3 is 2.90 bits per heavy atom. The Labute approximate surface area is 128 Å². The first-order valence-electron chi connectivity index (χ1n) is 6.30. The van der Waals surface area contributed by atoms with Gasteiger partial charge in [0, 0.05) is 10.2 Å². The number of ether oxygens (including phenoxy) is 2. The number of halogens is 1. The van der Waals surface area contributed by atoms with Gasteiger partial charge in [-0.15, -0.1) is 5.10 Å². The van der Waals surface area contributed by atoms with Crippen molar-refractivity contribution >= 4 is 27.7 Å². The molecule has 0 unspecified atom stereocenters. The predicted molar refractivity (Wildman–Crippen MR) is 75.9 cm³/mol. The zero-order chi connectivity index (χ0) is 13.5. The van der Waals surface area contributed by atoms with Crippen LogP contribution in [0.1, 0.15) is 24.4 Å². The average Bonchev–Trinajstić information content (AvgIpc) is 3.01. The van der Waals surface area contributed by atoms with E-state index in [1.54, 1.807) is 11.8 Å². The number of tetrazole rings is 1. The van der Waals surface area contributed by atoms with Gasteiger partial charge in [-0.2, -0.15) is 0 Å². The van der Waals surface area contributed by atoms with E-state index >= 15 is 0 Å². The van der Waals surface area contributed by atoms with Crippen LogP contribution in [0.15, 0.2) is 21.8 Å². The summed E-state index contributed by atoms with van der Waals surface area (Å²) in [4.78, 5) is 0. The summed E-state index contributed by atoms with van der Waals surface area (Å²) in [5.41, 5.74) is 1.14. The van der Waals surface area contributed by atoms with E-state index in [4.69, 9.17) is 9.47 Å². The maximum atomic E-state index is 5.41. The number of thioether (sulfide) groups is 1. The third kappa shape index (κ3) is 2.26. The number of nitrogens with zero attached hydrogens (tertiary/aromatic N) is 4. The van der Waals surface area contributed by atoms with E-state index in [1.165, 1.54) is 12.8 Å². The van der Waals surface area contributed by atoms with Crippen molar-refractivity contribution in [2.75, 3.05) is 6.79 Å². The molecule has 2 aromatic rings. The lowest BCUT2D eigenvalue weighted by Crippen LogP contribution is -1.99. The number of hydrogen-bond acceptors (Lipinski definition) is 6. The molecule has 2 aliphatic rings. The molecule has 1 aliphatic carbocycles. The van der Waals surface area contributed by atoms with Gasteiger partial charge >= 0.3 is 0 Å². The molecule has 104 valence electrons. The normalized spacial score (nSPS) is 16.6. The first-order valence-corrected chi connectivity index (χ1v) is 8.08.